The number of carbonyl (C=O) groups is 1. The van der Waals surface area contributed by atoms with E-state index in [-0.39, 0.29) is 47.8 Å². The Bertz CT molecular complexity index is 1320. The van der Waals surface area contributed by atoms with Crippen LogP contribution in [0.15, 0.2) is 53.4 Å². The van der Waals surface area contributed by atoms with Crippen molar-refractivity contribution in [3.05, 3.63) is 76.3 Å². The van der Waals surface area contributed by atoms with Gasteiger partial charge < -0.3 is 4.90 Å². The summed E-state index contributed by atoms with van der Waals surface area (Å²) in [6.45, 7) is 0.891. The first kappa shape index (κ1) is 22.1. The molecule has 5 rings (SSSR count). The van der Waals surface area contributed by atoms with Gasteiger partial charge in [0, 0.05) is 37.4 Å². The minimum Gasteiger partial charge on any atom is -0.335 e. The fraction of sp³-hybridized carbons (Fsp3) is 0.304. The summed E-state index contributed by atoms with van der Waals surface area (Å²) in [5, 5.41) is 4.77. The van der Waals surface area contributed by atoms with Crippen molar-refractivity contribution in [2.24, 2.45) is 0 Å². The summed E-state index contributed by atoms with van der Waals surface area (Å²) in [5.41, 5.74) is 3.01. The lowest BCUT2D eigenvalue weighted by Gasteiger charge is -2.33. The van der Waals surface area contributed by atoms with Crippen molar-refractivity contribution in [2.75, 3.05) is 26.2 Å². The molecule has 0 spiro atoms. The first-order valence-corrected chi connectivity index (χ1v) is 12.6. The smallest absolute Gasteiger partial charge is 0.274 e. The molecule has 1 aliphatic carbocycles. The SMILES string of the molecule is O=C(c1nn(-c2ccc(F)cc2)c2c1CCC2)N1CCN(S(=O)(=O)c2ccccc2Cl)CC1. The lowest BCUT2D eigenvalue weighted by Crippen LogP contribution is -2.50. The van der Waals surface area contributed by atoms with E-state index < -0.39 is 10.0 Å². The number of amides is 1. The average molecular weight is 489 g/mol. The third kappa shape index (κ3) is 3.94. The van der Waals surface area contributed by atoms with Crippen LogP contribution in [0, 0.1) is 5.82 Å². The molecular weight excluding hydrogens is 467 g/mol. The maximum Gasteiger partial charge on any atom is 0.274 e. The highest BCUT2D eigenvalue weighted by molar-refractivity contribution is 7.89. The summed E-state index contributed by atoms with van der Waals surface area (Å²) in [4.78, 5) is 15.1. The van der Waals surface area contributed by atoms with Gasteiger partial charge in [-0.3, -0.25) is 4.79 Å². The van der Waals surface area contributed by atoms with E-state index in [1.54, 1.807) is 39.9 Å². The summed E-state index contributed by atoms with van der Waals surface area (Å²) in [6.07, 6.45) is 2.49. The zero-order chi connectivity index (χ0) is 23.2. The molecule has 2 heterocycles. The standard InChI is InChI=1S/C23H22ClFN4O3S/c24-19-5-1-2-7-21(19)33(31,32)28-14-12-27(13-15-28)23(30)22-18-4-3-6-20(18)29(26-22)17-10-8-16(25)9-11-17/h1-2,5,7-11H,3-4,6,12-15H2. The van der Waals surface area contributed by atoms with Gasteiger partial charge in [-0.1, -0.05) is 23.7 Å². The molecule has 1 amide bonds. The fourth-order valence-corrected chi connectivity index (χ4v) is 6.39. The zero-order valence-electron chi connectivity index (χ0n) is 17.7. The number of sulfonamides is 1. The number of rotatable bonds is 4. The van der Waals surface area contributed by atoms with Crippen LogP contribution in [0.5, 0.6) is 0 Å². The maximum absolute atomic E-state index is 13.4. The van der Waals surface area contributed by atoms with E-state index in [1.807, 2.05) is 0 Å². The van der Waals surface area contributed by atoms with Crippen LogP contribution in [0.3, 0.4) is 0 Å². The largest absolute Gasteiger partial charge is 0.335 e. The Morgan fingerprint density at radius 1 is 0.970 bits per heavy atom. The highest BCUT2D eigenvalue weighted by Crippen LogP contribution is 2.30. The molecule has 2 aromatic carbocycles. The Labute approximate surface area is 196 Å². The third-order valence-corrected chi connectivity index (χ3v) is 8.58. The van der Waals surface area contributed by atoms with E-state index >= 15 is 0 Å². The molecule has 0 saturated carbocycles. The Morgan fingerprint density at radius 3 is 2.36 bits per heavy atom. The van der Waals surface area contributed by atoms with Gasteiger partial charge in [-0.05, 0) is 55.7 Å². The van der Waals surface area contributed by atoms with Crippen LogP contribution >= 0.6 is 11.6 Å². The van der Waals surface area contributed by atoms with Crippen LogP contribution in [0.25, 0.3) is 5.69 Å². The summed E-state index contributed by atoms with van der Waals surface area (Å²) < 4.78 is 42.4. The molecule has 1 fully saturated rings. The topological polar surface area (TPSA) is 75.5 Å². The van der Waals surface area contributed by atoms with Crippen LogP contribution in [-0.4, -0.2) is 59.5 Å². The van der Waals surface area contributed by atoms with Gasteiger partial charge in [0.2, 0.25) is 10.0 Å². The number of carbonyl (C=O) groups excluding carboxylic acids is 1. The second kappa shape index (κ2) is 8.55. The van der Waals surface area contributed by atoms with E-state index in [0.29, 0.717) is 11.4 Å². The molecular formula is C23H22ClFN4O3S. The van der Waals surface area contributed by atoms with Crippen molar-refractivity contribution in [1.29, 1.82) is 0 Å². The Hall–Kier alpha value is -2.75. The van der Waals surface area contributed by atoms with E-state index in [0.717, 1.165) is 30.5 Å². The van der Waals surface area contributed by atoms with Gasteiger partial charge in [-0.2, -0.15) is 9.40 Å². The molecule has 0 unspecified atom stereocenters. The van der Waals surface area contributed by atoms with E-state index in [2.05, 4.69) is 5.10 Å². The number of hydrogen-bond acceptors (Lipinski definition) is 4. The molecule has 1 saturated heterocycles. The highest BCUT2D eigenvalue weighted by atomic mass is 35.5. The van der Waals surface area contributed by atoms with Crippen molar-refractivity contribution in [3.63, 3.8) is 0 Å². The van der Waals surface area contributed by atoms with E-state index in [9.17, 15) is 17.6 Å². The molecule has 0 atom stereocenters. The van der Waals surface area contributed by atoms with Crippen molar-refractivity contribution in [3.8, 4) is 5.69 Å². The Balaban J connectivity index is 1.35. The van der Waals surface area contributed by atoms with Crippen LogP contribution in [0.4, 0.5) is 4.39 Å². The molecule has 3 aromatic rings. The normalized spacial score (nSPS) is 16.7. The van der Waals surface area contributed by atoms with Gasteiger partial charge in [-0.25, -0.2) is 17.5 Å². The first-order chi connectivity index (χ1) is 15.9. The predicted octanol–water partition coefficient (Wildman–Crippen LogP) is 3.30. The van der Waals surface area contributed by atoms with Crippen molar-refractivity contribution in [2.45, 2.75) is 24.2 Å². The minimum atomic E-state index is -3.74. The zero-order valence-corrected chi connectivity index (χ0v) is 19.3. The van der Waals surface area contributed by atoms with Crippen LogP contribution in [0.2, 0.25) is 5.02 Å². The second-order valence-corrected chi connectivity index (χ2v) is 10.5. The van der Waals surface area contributed by atoms with Gasteiger partial charge in [-0.15, -0.1) is 0 Å². The fourth-order valence-electron chi connectivity index (χ4n) is 4.48. The molecule has 2 aliphatic rings. The summed E-state index contributed by atoms with van der Waals surface area (Å²) >= 11 is 6.10. The molecule has 7 nitrogen and oxygen atoms in total. The van der Waals surface area contributed by atoms with Crippen molar-refractivity contribution >= 4 is 27.5 Å². The second-order valence-electron chi connectivity index (χ2n) is 8.14. The van der Waals surface area contributed by atoms with Gasteiger partial charge in [0.15, 0.2) is 5.69 Å². The molecule has 1 aromatic heterocycles. The summed E-state index contributed by atoms with van der Waals surface area (Å²) in [5.74, 6) is -0.535. The molecule has 10 heteroatoms. The van der Waals surface area contributed by atoms with Crippen LogP contribution < -0.4 is 0 Å². The Morgan fingerprint density at radius 2 is 1.67 bits per heavy atom. The molecule has 0 N–H and O–H groups in total. The maximum atomic E-state index is 13.4. The number of nitrogens with zero attached hydrogens (tertiary/aromatic N) is 4. The number of fused-ring (bicyclic) bond motifs is 1. The van der Waals surface area contributed by atoms with Gasteiger partial charge >= 0.3 is 0 Å². The lowest BCUT2D eigenvalue weighted by atomic mass is 10.1. The number of hydrogen-bond donors (Lipinski definition) is 0. The average Bonchev–Trinajstić information content (AvgIpc) is 3.43. The molecule has 172 valence electrons. The van der Waals surface area contributed by atoms with Crippen molar-refractivity contribution < 1.29 is 17.6 Å². The van der Waals surface area contributed by atoms with Gasteiger partial charge in [0.25, 0.3) is 5.91 Å². The molecule has 33 heavy (non-hydrogen) atoms. The third-order valence-electron chi connectivity index (χ3n) is 6.18. The van der Waals surface area contributed by atoms with Crippen LogP contribution in [0.1, 0.15) is 28.2 Å². The predicted molar refractivity (Wildman–Crippen MR) is 122 cm³/mol. The molecule has 0 radical (unpaired) electrons. The Kier molecular flexibility index (Phi) is 5.72. The highest BCUT2D eigenvalue weighted by Gasteiger charge is 2.34. The molecule has 0 bridgehead atoms. The van der Waals surface area contributed by atoms with E-state index in [1.165, 1.54) is 22.5 Å². The van der Waals surface area contributed by atoms with Crippen LogP contribution in [-0.2, 0) is 22.9 Å². The number of halogens is 2. The summed E-state index contributed by atoms with van der Waals surface area (Å²) in [7, 11) is -3.74. The minimum absolute atomic E-state index is 0.0716. The number of piperazine rings is 1. The lowest BCUT2D eigenvalue weighted by molar-refractivity contribution is 0.0690. The van der Waals surface area contributed by atoms with Crippen molar-refractivity contribution in [1.82, 2.24) is 19.0 Å². The first-order valence-electron chi connectivity index (χ1n) is 10.8. The van der Waals surface area contributed by atoms with E-state index in [4.69, 9.17) is 11.6 Å². The number of benzene rings is 2. The number of aromatic nitrogens is 2. The quantitative estimate of drug-likeness (QED) is 0.564. The molecule has 1 aliphatic heterocycles. The van der Waals surface area contributed by atoms with Gasteiger partial charge in [0.05, 0.1) is 10.7 Å². The monoisotopic (exact) mass is 488 g/mol. The summed E-state index contributed by atoms with van der Waals surface area (Å²) in [6, 6.07) is 12.4. The van der Waals surface area contributed by atoms with Gasteiger partial charge in [0.1, 0.15) is 10.7 Å².